The lowest BCUT2D eigenvalue weighted by Gasteiger charge is -2.24. The third-order valence-electron chi connectivity index (χ3n) is 3.18. The second-order valence-electron chi connectivity index (χ2n) is 4.64. The Morgan fingerprint density at radius 1 is 1.20 bits per heavy atom. The van der Waals surface area contributed by atoms with Crippen LogP contribution in [-0.4, -0.2) is 0 Å². The normalized spacial score (nSPS) is 15.4. The van der Waals surface area contributed by atoms with Crippen molar-refractivity contribution in [2.75, 3.05) is 0 Å². The average Bonchev–Trinajstić information content (AvgIpc) is 2.19. The molecule has 0 aliphatic carbocycles. The Kier molecular flexibility index (Phi) is 3.86. The standard InChI is InChI=1S/C13H20FN/c1-8(2)10(4)13(15)11-5-6-12(14)9(3)7-11/h5-8,10,13H,15H2,1-4H3. The summed E-state index contributed by atoms with van der Waals surface area (Å²) in [5, 5.41) is 0. The highest BCUT2D eigenvalue weighted by atomic mass is 19.1. The molecule has 0 saturated carbocycles. The maximum Gasteiger partial charge on any atom is 0.126 e. The minimum absolute atomic E-state index is 0.00991. The SMILES string of the molecule is Cc1cc(C(N)C(C)C(C)C)ccc1F. The second kappa shape index (κ2) is 4.75. The predicted molar refractivity (Wildman–Crippen MR) is 62.1 cm³/mol. The van der Waals surface area contributed by atoms with Crippen molar-refractivity contribution >= 4 is 0 Å². The van der Waals surface area contributed by atoms with Gasteiger partial charge in [0.1, 0.15) is 5.82 Å². The smallest absolute Gasteiger partial charge is 0.126 e. The fourth-order valence-corrected chi connectivity index (χ4v) is 1.59. The number of aryl methyl sites for hydroxylation is 1. The quantitative estimate of drug-likeness (QED) is 0.811. The molecule has 2 heteroatoms. The van der Waals surface area contributed by atoms with E-state index in [9.17, 15) is 4.39 Å². The molecular weight excluding hydrogens is 189 g/mol. The number of halogens is 1. The van der Waals surface area contributed by atoms with Crippen LogP contribution in [0.3, 0.4) is 0 Å². The van der Waals surface area contributed by atoms with Gasteiger partial charge in [-0.1, -0.05) is 32.9 Å². The second-order valence-corrected chi connectivity index (χ2v) is 4.64. The summed E-state index contributed by atoms with van der Waals surface area (Å²) in [7, 11) is 0. The first-order chi connectivity index (χ1) is 6.93. The minimum Gasteiger partial charge on any atom is -0.324 e. The lowest BCUT2D eigenvalue weighted by Crippen LogP contribution is -2.23. The van der Waals surface area contributed by atoms with Crippen molar-refractivity contribution in [3.8, 4) is 0 Å². The van der Waals surface area contributed by atoms with Crippen molar-refractivity contribution in [3.63, 3.8) is 0 Å². The Hall–Kier alpha value is -0.890. The summed E-state index contributed by atoms with van der Waals surface area (Å²) in [4.78, 5) is 0. The van der Waals surface area contributed by atoms with Crippen LogP contribution in [0.25, 0.3) is 0 Å². The van der Waals surface area contributed by atoms with Crippen LogP contribution in [0.1, 0.15) is 37.9 Å². The zero-order valence-electron chi connectivity index (χ0n) is 9.92. The lowest BCUT2D eigenvalue weighted by atomic mass is 9.86. The first-order valence-corrected chi connectivity index (χ1v) is 5.45. The molecule has 1 aromatic carbocycles. The van der Waals surface area contributed by atoms with Gasteiger partial charge in [-0.15, -0.1) is 0 Å². The van der Waals surface area contributed by atoms with E-state index >= 15 is 0 Å². The van der Waals surface area contributed by atoms with E-state index < -0.39 is 0 Å². The summed E-state index contributed by atoms with van der Waals surface area (Å²) in [5.74, 6) is 0.767. The van der Waals surface area contributed by atoms with Gasteiger partial charge in [0.05, 0.1) is 0 Å². The molecule has 0 heterocycles. The molecule has 2 unspecified atom stereocenters. The highest BCUT2D eigenvalue weighted by Gasteiger charge is 2.18. The maximum atomic E-state index is 13.1. The molecule has 0 aliphatic heterocycles. The third kappa shape index (κ3) is 2.78. The molecule has 84 valence electrons. The Morgan fingerprint density at radius 3 is 2.27 bits per heavy atom. The van der Waals surface area contributed by atoms with E-state index in [1.165, 1.54) is 6.07 Å². The molecule has 1 aromatic rings. The van der Waals surface area contributed by atoms with Gasteiger partial charge in [-0.25, -0.2) is 4.39 Å². The Balaban J connectivity index is 2.91. The third-order valence-corrected chi connectivity index (χ3v) is 3.18. The Labute approximate surface area is 91.5 Å². The zero-order chi connectivity index (χ0) is 11.6. The monoisotopic (exact) mass is 209 g/mol. The zero-order valence-corrected chi connectivity index (χ0v) is 9.92. The first kappa shape index (κ1) is 12.2. The largest absolute Gasteiger partial charge is 0.324 e. The van der Waals surface area contributed by atoms with Gasteiger partial charge in [0.2, 0.25) is 0 Å². The van der Waals surface area contributed by atoms with Crippen LogP contribution in [-0.2, 0) is 0 Å². The van der Waals surface area contributed by atoms with Crippen molar-refractivity contribution in [1.29, 1.82) is 0 Å². The Morgan fingerprint density at radius 2 is 1.80 bits per heavy atom. The van der Waals surface area contributed by atoms with Gasteiger partial charge < -0.3 is 5.73 Å². The van der Waals surface area contributed by atoms with E-state index in [1.807, 2.05) is 6.07 Å². The van der Waals surface area contributed by atoms with Crippen LogP contribution >= 0.6 is 0 Å². The molecule has 1 rings (SSSR count). The highest BCUT2D eigenvalue weighted by Crippen LogP contribution is 2.26. The summed E-state index contributed by atoms with van der Waals surface area (Å²) < 4.78 is 13.1. The molecule has 0 radical (unpaired) electrons. The lowest BCUT2D eigenvalue weighted by molar-refractivity contribution is 0.352. The Bertz CT molecular complexity index is 333. The van der Waals surface area contributed by atoms with E-state index in [-0.39, 0.29) is 11.9 Å². The number of nitrogens with two attached hydrogens (primary N) is 1. The van der Waals surface area contributed by atoms with Gasteiger partial charge >= 0.3 is 0 Å². The summed E-state index contributed by atoms with van der Waals surface area (Å²) in [6.45, 7) is 8.21. The van der Waals surface area contributed by atoms with Crippen LogP contribution < -0.4 is 5.73 Å². The number of hydrogen-bond acceptors (Lipinski definition) is 1. The first-order valence-electron chi connectivity index (χ1n) is 5.45. The van der Waals surface area contributed by atoms with Gasteiger partial charge in [0.25, 0.3) is 0 Å². The summed E-state index contributed by atoms with van der Waals surface area (Å²) in [6, 6.07) is 5.12. The summed E-state index contributed by atoms with van der Waals surface area (Å²) >= 11 is 0. The molecule has 0 aliphatic rings. The van der Waals surface area contributed by atoms with E-state index in [0.717, 1.165) is 5.56 Å². The van der Waals surface area contributed by atoms with Gasteiger partial charge in [-0.3, -0.25) is 0 Å². The fourth-order valence-electron chi connectivity index (χ4n) is 1.59. The molecule has 0 bridgehead atoms. The van der Waals surface area contributed by atoms with E-state index in [0.29, 0.717) is 17.4 Å². The molecule has 0 fully saturated rings. The topological polar surface area (TPSA) is 26.0 Å². The molecule has 0 saturated heterocycles. The van der Waals surface area contributed by atoms with Crippen LogP contribution in [0, 0.1) is 24.6 Å². The molecule has 2 N–H and O–H groups in total. The van der Waals surface area contributed by atoms with Crippen LogP contribution in [0.5, 0.6) is 0 Å². The summed E-state index contributed by atoms with van der Waals surface area (Å²) in [5.41, 5.74) is 7.82. The van der Waals surface area contributed by atoms with Crippen molar-refractivity contribution < 1.29 is 4.39 Å². The molecule has 0 aromatic heterocycles. The predicted octanol–water partition coefficient (Wildman–Crippen LogP) is 3.43. The van der Waals surface area contributed by atoms with Crippen molar-refractivity contribution in [1.82, 2.24) is 0 Å². The molecule has 2 atom stereocenters. The highest BCUT2D eigenvalue weighted by molar-refractivity contribution is 5.26. The molecule has 0 amide bonds. The van der Waals surface area contributed by atoms with Crippen molar-refractivity contribution in [2.24, 2.45) is 17.6 Å². The summed E-state index contributed by atoms with van der Waals surface area (Å²) in [6.07, 6.45) is 0. The van der Waals surface area contributed by atoms with Gasteiger partial charge in [-0.2, -0.15) is 0 Å². The molecular formula is C13H20FN. The molecule has 15 heavy (non-hydrogen) atoms. The van der Waals surface area contributed by atoms with Crippen LogP contribution in [0.4, 0.5) is 4.39 Å². The minimum atomic E-state index is -0.164. The number of rotatable bonds is 3. The molecule has 0 spiro atoms. The fraction of sp³-hybridized carbons (Fsp3) is 0.538. The van der Waals surface area contributed by atoms with Crippen LogP contribution in [0.2, 0.25) is 0 Å². The number of hydrogen-bond donors (Lipinski definition) is 1. The number of benzene rings is 1. The maximum absolute atomic E-state index is 13.1. The molecule has 1 nitrogen and oxygen atoms in total. The van der Waals surface area contributed by atoms with Gasteiger partial charge in [0.15, 0.2) is 0 Å². The van der Waals surface area contributed by atoms with Crippen molar-refractivity contribution in [2.45, 2.75) is 33.7 Å². The van der Waals surface area contributed by atoms with Crippen molar-refractivity contribution in [3.05, 3.63) is 35.1 Å². The van der Waals surface area contributed by atoms with E-state index in [1.54, 1.807) is 13.0 Å². The average molecular weight is 209 g/mol. The van der Waals surface area contributed by atoms with Crippen LogP contribution in [0.15, 0.2) is 18.2 Å². The van der Waals surface area contributed by atoms with E-state index in [2.05, 4.69) is 20.8 Å². The van der Waals surface area contributed by atoms with Gasteiger partial charge in [-0.05, 0) is 36.0 Å². The van der Waals surface area contributed by atoms with E-state index in [4.69, 9.17) is 5.73 Å². The van der Waals surface area contributed by atoms with Gasteiger partial charge in [0, 0.05) is 6.04 Å².